The zero-order valence-corrected chi connectivity index (χ0v) is 39.8. The van der Waals surface area contributed by atoms with Gasteiger partial charge >= 0.3 is 411 Å². The van der Waals surface area contributed by atoms with E-state index in [1.54, 1.807) is 0 Å². The van der Waals surface area contributed by atoms with Crippen LogP contribution in [0.3, 0.4) is 0 Å². The Hall–Kier alpha value is 9.98. The van der Waals surface area contributed by atoms with Crippen LogP contribution in [0.15, 0.2) is 0 Å². The molecule has 6 radical (unpaired) electrons. The molecule has 0 saturated carbocycles. The summed E-state index contributed by atoms with van der Waals surface area (Å²) in [5.74, 6) is 0. The second kappa shape index (κ2) is 163. The molecule has 0 heterocycles. The Bertz CT molecular complexity index is 309. The summed E-state index contributed by atoms with van der Waals surface area (Å²) in [6, 6.07) is 0. The first kappa shape index (κ1) is 173. The molecule has 0 aliphatic rings. The summed E-state index contributed by atoms with van der Waals surface area (Å²) in [5, 5.41) is 0. The van der Waals surface area contributed by atoms with Crippen molar-refractivity contribution in [1.82, 2.24) is 0 Å². The summed E-state index contributed by atoms with van der Waals surface area (Å²) < 4.78 is 155. The normalized spacial score (nSPS) is 3.71. The SMILES string of the molecule is F.F.F.F.F.F.[Li+].[Li+].[Li+].[Li+].[Li+].[Li+].[Li+].[Li+].[Li+].[Li+].[Li+].[Li+].[O]=[Sb]([O-])[O-].[O]=[Sb]([O-])[O-].[O]=[Sb]([O-])[O-].[O]=[Sb]([O-])[O-].[O]=[Sb]([O-])[O-].[O]=[Sb]([O-])[O-]. The van der Waals surface area contributed by atoms with Crippen molar-refractivity contribution in [3.05, 3.63) is 0 Å². The minimum atomic E-state index is -4.20. The third kappa shape index (κ3) is 1200. The molecule has 0 atom stereocenters. The van der Waals surface area contributed by atoms with Crippen molar-refractivity contribution in [2.24, 2.45) is 0 Å². The quantitative estimate of drug-likeness (QED) is 0.161. The second-order valence-electron chi connectivity index (χ2n) is 1.34. The molecule has 0 N–H and O–H groups in total. The molecule has 0 rings (SSSR count). The van der Waals surface area contributed by atoms with E-state index in [9.17, 15) is 0 Å². The molecule has 42 heavy (non-hydrogen) atoms. The number of hydrogen-bond acceptors (Lipinski definition) is 18. The number of rotatable bonds is 0. The molecule has 0 spiro atoms. The van der Waals surface area contributed by atoms with Crippen LogP contribution in [0.5, 0.6) is 0 Å². The molecule has 18 nitrogen and oxygen atoms in total. The molecule has 0 aliphatic carbocycles. The fourth-order valence-electron chi connectivity index (χ4n) is 0. The van der Waals surface area contributed by atoms with E-state index >= 15 is 0 Å². The molecule has 0 bridgehead atoms. The van der Waals surface area contributed by atoms with Crippen LogP contribution < -0.4 is 267 Å². The maximum absolute atomic E-state index is 8.60. The average molecular weight is 1220 g/mol. The van der Waals surface area contributed by atoms with Gasteiger partial charge in [-0.05, 0) is 0 Å². The number of halogens is 6. The van der Waals surface area contributed by atoms with E-state index in [0.29, 0.717) is 0 Å². The van der Waals surface area contributed by atoms with Crippen LogP contribution in [-0.4, -0.2) is 126 Å². The molecular formula is H6F6Li12O18Sb6. The van der Waals surface area contributed by atoms with Crippen LogP contribution >= 0.6 is 0 Å². The molecule has 0 unspecified atom stereocenters. The average Bonchev–Trinajstić information content (AvgIpc) is 2.08. The van der Waals surface area contributed by atoms with E-state index < -0.39 is 126 Å². The Morgan fingerprint density at radius 2 is 0.190 bits per heavy atom. The van der Waals surface area contributed by atoms with Crippen molar-refractivity contribution in [3.63, 3.8) is 0 Å². The van der Waals surface area contributed by atoms with Crippen LogP contribution in [0.2, 0.25) is 0 Å². The van der Waals surface area contributed by atoms with E-state index in [4.69, 9.17) is 58.7 Å². The molecule has 0 aromatic heterocycles. The first-order chi connectivity index (χ1) is 10.4. The zero-order chi connectivity index (χ0) is 21.5. The molecule has 0 aliphatic heterocycles. The summed E-state index contributed by atoms with van der Waals surface area (Å²) in [6.07, 6.45) is 0. The van der Waals surface area contributed by atoms with Crippen LogP contribution in [0, 0.1) is 0 Å². The fourth-order valence-corrected chi connectivity index (χ4v) is 0. The van der Waals surface area contributed by atoms with E-state index in [-0.39, 0.29) is 255 Å². The van der Waals surface area contributed by atoms with Crippen molar-refractivity contribution in [3.8, 4) is 0 Å². The van der Waals surface area contributed by atoms with Gasteiger partial charge in [-0.15, -0.1) is 0 Å². The summed E-state index contributed by atoms with van der Waals surface area (Å²) in [6.45, 7) is 0. The van der Waals surface area contributed by atoms with Gasteiger partial charge in [0.25, 0.3) is 0 Å². The van der Waals surface area contributed by atoms with E-state index in [0.717, 1.165) is 0 Å². The zero-order valence-electron chi connectivity index (χ0n) is 24.5. The van der Waals surface area contributed by atoms with Gasteiger partial charge in [0.1, 0.15) is 0 Å². The van der Waals surface area contributed by atoms with E-state index in [1.165, 1.54) is 0 Å². The van der Waals surface area contributed by atoms with Gasteiger partial charge in [-0.25, -0.2) is 0 Å². The predicted octanol–water partition coefficient (Wildman–Crippen LogP) is -52.3. The Morgan fingerprint density at radius 1 is 0.190 bits per heavy atom. The molecule has 0 aromatic rings. The Kier molecular flexibility index (Phi) is 668. The van der Waals surface area contributed by atoms with Gasteiger partial charge in [-0.2, -0.15) is 0 Å². The third-order valence-electron chi connectivity index (χ3n) is 0. The van der Waals surface area contributed by atoms with Crippen molar-refractivity contribution < 1.29 is 313 Å². The number of hydrogen-bond donors (Lipinski definition) is 0. The first-order valence-electron chi connectivity index (χ1n) is 3.29. The van der Waals surface area contributed by atoms with E-state index in [1.807, 2.05) is 0 Å². The molecular weight excluding hydrogens is 1220 g/mol. The van der Waals surface area contributed by atoms with E-state index in [2.05, 4.69) is 0 Å². The Balaban J connectivity index is -0.00000000388. The summed E-state index contributed by atoms with van der Waals surface area (Å²) in [5.41, 5.74) is 0. The molecule has 0 saturated heterocycles. The summed E-state index contributed by atoms with van der Waals surface area (Å²) in [4.78, 5) is 0. The van der Waals surface area contributed by atoms with Gasteiger partial charge in [0.2, 0.25) is 0 Å². The summed E-state index contributed by atoms with van der Waals surface area (Å²) >= 11 is -25.2. The monoisotopic (exact) mass is 1220 g/mol. The van der Waals surface area contributed by atoms with Crippen LogP contribution in [0.4, 0.5) is 28.2 Å². The Morgan fingerprint density at radius 3 is 0.190 bits per heavy atom. The van der Waals surface area contributed by atoms with Crippen molar-refractivity contribution in [2.75, 3.05) is 0 Å². The first-order valence-corrected chi connectivity index (χ1v) is 22.0. The molecule has 0 fully saturated rings. The van der Waals surface area contributed by atoms with Gasteiger partial charge < -0.3 is 0 Å². The third-order valence-corrected chi connectivity index (χ3v) is 0. The van der Waals surface area contributed by atoms with Crippen LogP contribution in [0.25, 0.3) is 0 Å². The standard InChI is InChI=1S/6FH.12Li.18O.6Sb/h6*1H;;;;;;;;;;;;;;;;;;;;;;;;;;;;;;;;;;;;/q;;;;;;12*+1;;;;;;;12*-1;;;;;;. The minimum absolute atomic E-state index is 0. The predicted molar refractivity (Wildman–Crippen MR) is 53.7 cm³/mol. The topological polar surface area (TPSA) is 379 Å². The fraction of sp³-hybridized carbons (Fsp3) is 0. The van der Waals surface area contributed by atoms with Gasteiger partial charge in [-0.1, -0.05) is 0 Å². The molecule has 198 valence electrons. The molecule has 0 amide bonds. The summed E-state index contributed by atoms with van der Waals surface area (Å²) in [7, 11) is 0. The molecule has 0 aromatic carbocycles. The van der Waals surface area contributed by atoms with Gasteiger partial charge in [0.05, 0.1) is 0 Å². The van der Waals surface area contributed by atoms with Gasteiger partial charge in [0, 0.05) is 0 Å². The molecule has 42 heteroatoms. The van der Waals surface area contributed by atoms with Gasteiger partial charge in [0.15, 0.2) is 0 Å². The van der Waals surface area contributed by atoms with Gasteiger partial charge in [-0.3, -0.25) is 28.2 Å². The van der Waals surface area contributed by atoms with Crippen molar-refractivity contribution in [1.29, 1.82) is 0 Å². The van der Waals surface area contributed by atoms with Crippen molar-refractivity contribution in [2.45, 2.75) is 0 Å². The van der Waals surface area contributed by atoms with Crippen LogP contribution in [-0.2, 0) is 18.1 Å². The van der Waals surface area contributed by atoms with Crippen LogP contribution in [0.1, 0.15) is 0 Å². The second-order valence-corrected chi connectivity index (χ2v) is 9.00. The maximum atomic E-state index is 8.60. The van der Waals surface area contributed by atoms with Crippen molar-refractivity contribution >= 4 is 126 Å². The Labute approximate surface area is 429 Å².